The molecule has 4 heteroatoms. The van der Waals surface area contributed by atoms with Crippen molar-refractivity contribution in [3.63, 3.8) is 0 Å². The van der Waals surface area contributed by atoms with Crippen molar-refractivity contribution in [1.82, 2.24) is 10.6 Å². The Bertz CT molecular complexity index is 487. The summed E-state index contributed by atoms with van der Waals surface area (Å²) in [5.41, 5.74) is 2.60. The average Bonchev–Trinajstić information content (AvgIpc) is 3.03. The number of hydrogen-bond acceptors (Lipinski definition) is 3. The monoisotopic (exact) mass is 260 g/mol. The van der Waals surface area contributed by atoms with Gasteiger partial charge in [-0.25, -0.2) is 0 Å². The molecule has 3 rings (SSSR count). The molecule has 2 aliphatic heterocycles. The minimum Gasteiger partial charge on any atom is -0.493 e. The van der Waals surface area contributed by atoms with E-state index in [2.05, 4.69) is 35.8 Å². The van der Waals surface area contributed by atoms with Crippen molar-refractivity contribution < 1.29 is 9.53 Å². The van der Waals surface area contributed by atoms with Gasteiger partial charge in [0.15, 0.2) is 0 Å². The molecule has 2 atom stereocenters. The number of carbonyl (C=O) groups is 1. The average molecular weight is 260 g/mol. The zero-order valence-electron chi connectivity index (χ0n) is 11.2. The number of ether oxygens (including phenoxy) is 1. The molecule has 0 spiro atoms. The highest BCUT2D eigenvalue weighted by Gasteiger charge is 2.24. The molecule has 2 unspecified atom stereocenters. The third-order valence-electron chi connectivity index (χ3n) is 3.94. The van der Waals surface area contributed by atoms with Crippen LogP contribution in [0.25, 0.3) is 0 Å². The van der Waals surface area contributed by atoms with E-state index in [9.17, 15) is 4.79 Å². The molecule has 19 heavy (non-hydrogen) atoms. The molecule has 1 saturated heterocycles. The van der Waals surface area contributed by atoms with Gasteiger partial charge >= 0.3 is 0 Å². The normalized spacial score (nSPS) is 22.8. The van der Waals surface area contributed by atoms with Gasteiger partial charge in [-0.2, -0.15) is 0 Å². The molecular formula is C15H20N2O2. The van der Waals surface area contributed by atoms with Crippen LogP contribution in [0, 0.1) is 0 Å². The molecule has 1 amide bonds. The quantitative estimate of drug-likeness (QED) is 0.863. The molecule has 2 aliphatic rings. The predicted molar refractivity (Wildman–Crippen MR) is 73.2 cm³/mol. The van der Waals surface area contributed by atoms with Crippen molar-refractivity contribution in [3.05, 3.63) is 29.3 Å². The van der Waals surface area contributed by atoms with Gasteiger partial charge in [0.05, 0.1) is 6.61 Å². The van der Waals surface area contributed by atoms with E-state index in [0.29, 0.717) is 12.5 Å². The van der Waals surface area contributed by atoms with Crippen LogP contribution in [0.4, 0.5) is 0 Å². The number of amides is 1. The topological polar surface area (TPSA) is 50.4 Å². The number of benzene rings is 1. The lowest BCUT2D eigenvalue weighted by Crippen LogP contribution is -2.34. The van der Waals surface area contributed by atoms with E-state index < -0.39 is 0 Å². The van der Waals surface area contributed by atoms with Crippen LogP contribution >= 0.6 is 0 Å². The zero-order valence-corrected chi connectivity index (χ0v) is 11.2. The van der Waals surface area contributed by atoms with Crippen LogP contribution < -0.4 is 15.4 Å². The molecule has 102 valence electrons. The van der Waals surface area contributed by atoms with Gasteiger partial charge in [-0.15, -0.1) is 0 Å². The summed E-state index contributed by atoms with van der Waals surface area (Å²) in [5, 5.41) is 6.45. The summed E-state index contributed by atoms with van der Waals surface area (Å²) in [6.07, 6.45) is 2.61. The van der Waals surface area contributed by atoms with Crippen LogP contribution in [-0.4, -0.2) is 25.1 Å². The van der Waals surface area contributed by atoms with E-state index >= 15 is 0 Å². The molecule has 0 bridgehead atoms. The van der Waals surface area contributed by atoms with Crippen LogP contribution in [-0.2, 0) is 11.2 Å². The number of rotatable bonds is 4. The Balaban J connectivity index is 1.73. The van der Waals surface area contributed by atoms with Gasteiger partial charge in [-0.3, -0.25) is 4.79 Å². The molecule has 2 N–H and O–H groups in total. The first-order valence-corrected chi connectivity index (χ1v) is 7.04. The van der Waals surface area contributed by atoms with Gasteiger partial charge in [-0.05, 0) is 23.6 Å². The maximum Gasteiger partial charge on any atom is 0.221 e. The van der Waals surface area contributed by atoms with E-state index in [0.717, 1.165) is 31.7 Å². The Morgan fingerprint density at radius 2 is 2.42 bits per heavy atom. The van der Waals surface area contributed by atoms with E-state index in [-0.39, 0.29) is 11.9 Å². The smallest absolute Gasteiger partial charge is 0.221 e. The van der Waals surface area contributed by atoms with Gasteiger partial charge in [0, 0.05) is 31.5 Å². The molecule has 0 aliphatic carbocycles. The van der Waals surface area contributed by atoms with Crippen LogP contribution in [0.2, 0.25) is 0 Å². The first-order chi connectivity index (χ1) is 9.26. The second-order valence-corrected chi connectivity index (χ2v) is 5.30. The van der Waals surface area contributed by atoms with Crippen LogP contribution in [0.15, 0.2) is 18.2 Å². The maximum atomic E-state index is 11.2. The Hall–Kier alpha value is -1.55. The molecule has 2 heterocycles. The lowest BCUT2D eigenvalue weighted by molar-refractivity contribution is -0.119. The third-order valence-corrected chi connectivity index (χ3v) is 3.94. The van der Waals surface area contributed by atoms with Crippen molar-refractivity contribution in [2.24, 2.45) is 0 Å². The number of hydrogen-bond donors (Lipinski definition) is 2. The molecule has 1 fully saturated rings. The van der Waals surface area contributed by atoms with E-state index in [1.807, 2.05) is 0 Å². The van der Waals surface area contributed by atoms with Crippen LogP contribution in [0.1, 0.15) is 36.9 Å². The standard InChI is InChI=1S/C15H20N2O2/c1-2-13(17-12-8-15(18)16-9-12)10-3-4-14-11(7-10)5-6-19-14/h3-4,7,12-13,17H,2,5-6,8-9H2,1H3,(H,16,18). The van der Waals surface area contributed by atoms with Crippen molar-refractivity contribution in [2.75, 3.05) is 13.2 Å². The third kappa shape index (κ3) is 2.59. The van der Waals surface area contributed by atoms with E-state index in [1.165, 1.54) is 11.1 Å². The minimum atomic E-state index is 0.148. The number of nitrogens with one attached hydrogen (secondary N) is 2. The summed E-state index contributed by atoms with van der Waals surface area (Å²) < 4.78 is 5.54. The molecule has 4 nitrogen and oxygen atoms in total. The van der Waals surface area contributed by atoms with Crippen molar-refractivity contribution in [3.8, 4) is 5.75 Å². The van der Waals surface area contributed by atoms with E-state index in [1.54, 1.807) is 0 Å². The Morgan fingerprint density at radius 3 is 3.16 bits per heavy atom. The first-order valence-electron chi connectivity index (χ1n) is 7.04. The molecule has 0 radical (unpaired) electrons. The van der Waals surface area contributed by atoms with Crippen molar-refractivity contribution in [2.45, 2.75) is 38.3 Å². The fourth-order valence-corrected chi connectivity index (χ4v) is 2.88. The van der Waals surface area contributed by atoms with Gasteiger partial charge in [0.2, 0.25) is 5.91 Å². The molecule has 0 saturated carbocycles. The maximum absolute atomic E-state index is 11.2. The Kier molecular flexibility index (Phi) is 3.42. The second kappa shape index (κ2) is 5.21. The highest BCUT2D eigenvalue weighted by molar-refractivity contribution is 5.78. The summed E-state index contributed by atoms with van der Waals surface area (Å²) in [5.74, 6) is 1.17. The SMILES string of the molecule is CCC(NC1CNC(=O)C1)c1ccc2c(c1)CCO2. The van der Waals surface area contributed by atoms with E-state index in [4.69, 9.17) is 4.74 Å². The summed E-state index contributed by atoms with van der Waals surface area (Å²) in [7, 11) is 0. The predicted octanol–water partition coefficient (Wildman–Crippen LogP) is 1.55. The Morgan fingerprint density at radius 1 is 1.53 bits per heavy atom. The highest BCUT2D eigenvalue weighted by atomic mass is 16.5. The largest absolute Gasteiger partial charge is 0.493 e. The summed E-state index contributed by atoms with van der Waals surface area (Å²) in [6.45, 7) is 3.71. The number of carbonyl (C=O) groups excluding carboxylic acids is 1. The Labute approximate surface area is 113 Å². The lowest BCUT2D eigenvalue weighted by atomic mass is 9.99. The van der Waals surface area contributed by atoms with Crippen LogP contribution in [0.5, 0.6) is 5.75 Å². The molecular weight excluding hydrogens is 240 g/mol. The molecule has 1 aromatic carbocycles. The van der Waals surface area contributed by atoms with Crippen molar-refractivity contribution >= 4 is 5.91 Å². The minimum absolute atomic E-state index is 0.148. The van der Waals surface area contributed by atoms with Gasteiger partial charge in [0.25, 0.3) is 0 Å². The van der Waals surface area contributed by atoms with Gasteiger partial charge < -0.3 is 15.4 Å². The zero-order chi connectivity index (χ0) is 13.2. The van der Waals surface area contributed by atoms with Crippen molar-refractivity contribution in [1.29, 1.82) is 0 Å². The number of fused-ring (bicyclic) bond motifs is 1. The lowest BCUT2D eigenvalue weighted by Gasteiger charge is -2.21. The molecule has 1 aromatic rings. The van der Waals surface area contributed by atoms with Gasteiger partial charge in [-0.1, -0.05) is 19.1 Å². The summed E-state index contributed by atoms with van der Waals surface area (Å²) >= 11 is 0. The fraction of sp³-hybridized carbons (Fsp3) is 0.533. The summed E-state index contributed by atoms with van der Waals surface area (Å²) in [6, 6.07) is 7.01. The van der Waals surface area contributed by atoms with Gasteiger partial charge in [0.1, 0.15) is 5.75 Å². The molecule has 0 aromatic heterocycles. The first kappa shape index (κ1) is 12.5. The summed E-state index contributed by atoms with van der Waals surface area (Å²) in [4.78, 5) is 11.2. The highest BCUT2D eigenvalue weighted by Crippen LogP contribution is 2.29. The van der Waals surface area contributed by atoms with Crippen LogP contribution in [0.3, 0.4) is 0 Å². The fourth-order valence-electron chi connectivity index (χ4n) is 2.88. The second-order valence-electron chi connectivity index (χ2n) is 5.30.